The maximum Gasteiger partial charge on any atom is 0.254 e. The summed E-state index contributed by atoms with van der Waals surface area (Å²) in [5, 5.41) is 6.05. The minimum absolute atomic E-state index is 0. The predicted molar refractivity (Wildman–Crippen MR) is 85.7 cm³/mol. The van der Waals surface area contributed by atoms with Crippen LogP contribution in [0.4, 0.5) is 4.39 Å². The van der Waals surface area contributed by atoms with E-state index in [4.69, 9.17) is 0 Å². The van der Waals surface area contributed by atoms with Gasteiger partial charge in [-0.25, -0.2) is 4.39 Å². The number of hydrogen-bond acceptors (Lipinski definition) is 2. The molecular formula is C16H24ClFN2O. The summed E-state index contributed by atoms with van der Waals surface area (Å²) < 4.78 is 14.6. The number of amides is 1. The normalized spacial score (nSPS) is 15.6. The van der Waals surface area contributed by atoms with E-state index >= 15 is 0 Å². The van der Waals surface area contributed by atoms with Crippen LogP contribution < -0.4 is 10.6 Å². The van der Waals surface area contributed by atoms with E-state index in [1.54, 1.807) is 12.1 Å². The average molecular weight is 315 g/mol. The molecule has 1 heterocycles. The largest absolute Gasteiger partial charge is 0.352 e. The number of piperidine rings is 1. The molecule has 1 fully saturated rings. The molecule has 0 radical (unpaired) electrons. The molecule has 1 amide bonds. The molecule has 1 aromatic carbocycles. The summed E-state index contributed by atoms with van der Waals surface area (Å²) >= 11 is 0. The second kappa shape index (κ2) is 8.35. The summed E-state index contributed by atoms with van der Waals surface area (Å²) in [6.45, 7) is 6.42. The van der Waals surface area contributed by atoms with Gasteiger partial charge in [0.2, 0.25) is 0 Å². The monoisotopic (exact) mass is 314 g/mol. The van der Waals surface area contributed by atoms with E-state index in [0.29, 0.717) is 18.0 Å². The summed E-state index contributed by atoms with van der Waals surface area (Å²) in [6, 6.07) is 5.16. The Morgan fingerprint density at radius 3 is 2.67 bits per heavy atom. The summed E-state index contributed by atoms with van der Waals surface area (Å²) in [5.41, 5.74) is 0.852. The van der Waals surface area contributed by atoms with Crippen molar-refractivity contribution < 1.29 is 9.18 Å². The van der Waals surface area contributed by atoms with E-state index in [1.165, 1.54) is 0 Å². The van der Waals surface area contributed by atoms with Crippen molar-refractivity contribution >= 4 is 18.3 Å². The summed E-state index contributed by atoms with van der Waals surface area (Å²) in [7, 11) is 0. The van der Waals surface area contributed by atoms with Crippen LogP contribution in [-0.2, 0) is 0 Å². The molecule has 0 aromatic heterocycles. The predicted octanol–water partition coefficient (Wildman–Crippen LogP) is 3.10. The molecule has 1 aromatic rings. The van der Waals surface area contributed by atoms with Crippen molar-refractivity contribution in [2.75, 3.05) is 19.6 Å². The molecule has 3 nitrogen and oxygen atoms in total. The van der Waals surface area contributed by atoms with Gasteiger partial charge >= 0.3 is 0 Å². The number of halogens is 2. The van der Waals surface area contributed by atoms with Crippen LogP contribution in [0.2, 0.25) is 0 Å². The van der Waals surface area contributed by atoms with Crippen molar-refractivity contribution in [1.29, 1.82) is 0 Å². The molecule has 0 aliphatic carbocycles. The minimum Gasteiger partial charge on any atom is -0.352 e. The van der Waals surface area contributed by atoms with Gasteiger partial charge in [-0.15, -0.1) is 12.4 Å². The van der Waals surface area contributed by atoms with Gasteiger partial charge in [-0.1, -0.05) is 26.0 Å². The maximum absolute atomic E-state index is 14.6. The Balaban J connectivity index is 0.00000220. The molecule has 0 bridgehead atoms. The van der Waals surface area contributed by atoms with E-state index in [1.807, 2.05) is 19.9 Å². The Labute approximate surface area is 132 Å². The second-order valence-corrected chi connectivity index (χ2v) is 5.84. The van der Waals surface area contributed by atoms with E-state index in [2.05, 4.69) is 10.6 Å². The number of benzene rings is 1. The van der Waals surface area contributed by atoms with Gasteiger partial charge < -0.3 is 10.6 Å². The third kappa shape index (κ3) is 4.68. The van der Waals surface area contributed by atoms with Crippen LogP contribution in [0.15, 0.2) is 18.2 Å². The van der Waals surface area contributed by atoms with Gasteiger partial charge in [-0.05, 0) is 49.4 Å². The van der Waals surface area contributed by atoms with Crippen molar-refractivity contribution in [2.24, 2.45) is 5.92 Å². The third-order valence-corrected chi connectivity index (χ3v) is 3.72. The standard InChI is InChI=1S/C16H23FN2O.ClH/c1-11(2)10-19-16(20)14-5-3-4-13(15(14)17)12-6-8-18-9-7-12;/h3-5,11-12,18H,6-10H2,1-2H3,(H,19,20);1H. The average Bonchev–Trinajstić information content (AvgIpc) is 2.46. The fraction of sp³-hybridized carbons (Fsp3) is 0.562. The fourth-order valence-corrected chi connectivity index (χ4v) is 2.57. The van der Waals surface area contributed by atoms with Gasteiger partial charge in [0.05, 0.1) is 5.56 Å². The maximum atomic E-state index is 14.6. The highest BCUT2D eigenvalue weighted by atomic mass is 35.5. The van der Waals surface area contributed by atoms with Gasteiger partial charge in [0.15, 0.2) is 0 Å². The Kier molecular flexibility index (Phi) is 7.12. The highest BCUT2D eigenvalue weighted by Gasteiger charge is 2.22. The first-order valence-electron chi connectivity index (χ1n) is 7.37. The van der Waals surface area contributed by atoms with E-state index in [-0.39, 0.29) is 35.6 Å². The smallest absolute Gasteiger partial charge is 0.254 e. The highest BCUT2D eigenvalue weighted by Crippen LogP contribution is 2.28. The van der Waals surface area contributed by atoms with Crippen LogP contribution in [0.25, 0.3) is 0 Å². The molecule has 2 N–H and O–H groups in total. The highest BCUT2D eigenvalue weighted by molar-refractivity contribution is 5.94. The zero-order valence-electron chi connectivity index (χ0n) is 12.6. The van der Waals surface area contributed by atoms with Crippen LogP contribution in [-0.4, -0.2) is 25.5 Å². The fourth-order valence-electron chi connectivity index (χ4n) is 2.57. The van der Waals surface area contributed by atoms with Crippen molar-refractivity contribution in [2.45, 2.75) is 32.6 Å². The zero-order valence-corrected chi connectivity index (χ0v) is 13.4. The Morgan fingerprint density at radius 1 is 1.38 bits per heavy atom. The number of carbonyl (C=O) groups excluding carboxylic acids is 1. The lowest BCUT2D eigenvalue weighted by Gasteiger charge is -2.24. The van der Waals surface area contributed by atoms with Crippen molar-refractivity contribution in [3.05, 3.63) is 35.1 Å². The van der Waals surface area contributed by atoms with Crippen LogP contribution in [0.3, 0.4) is 0 Å². The van der Waals surface area contributed by atoms with E-state index in [9.17, 15) is 9.18 Å². The molecule has 1 saturated heterocycles. The molecule has 118 valence electrons. The Bertz CT molecular complexity index is 473. The van der Waals surface area contributed by atoms with Crippen LogP contribution in [0.5, 0.6) is 0 Å². The number of hydrogen-bond donors (Lipinski definition) is 2. The van der Waals surface area contributed by atoms with Gasteiger partial charge in [0.25, 0.3) is 5.91 Å². The molecule has 1 aliphatic heterocycles. The van der Waals surface area contributed by atoms with E-state index in [0.717, 1.165) is 25.9 Å². The lowest BCUT2D eigenvalue weighted by atomic mass is 9.88. The van der Waals surface area contributed by atoms with Crippen LogP contribution >= 0.6 is 12.4 Å². The van der Waals surface area contributed by atoms with Crippen molar-refractivity contribution in [3.63, 3.8) is 0 Å². The molecule has 2 rings (SSSR count). The van der Waals surface area contributed by atoms with E-state index < -0.39 is 0 Å². The quantitative estimate of drug-likeness (QED) is 0.896. The van der Waals surface area contributed by atoms with Gasteiger partial charge in [0, 0.05) is 6.54 Å². The molecule has 0 atom stereocenters. The third-order valence-electron chi connectivity index (χ3n) is 3.72. The minimum atomic E-state index is -0.347. The summed E-state index contributed by atoms with van der Waals surface area (Å²) in [5.74, 6) is -0.0867. The first-order valence-corrected chi connectivity index (χ1v) is 7.37. The SMILES string of the molecule is CC(C)CNC(=O)c1cccc(C2CCNCC2)c1F.Cl. The molecule has 0 unspecified atom stereocenters. The number of nitrogens with one attached hydrogen (secondary N) is 2. The second-order valence-electron chi connectivity index (χ2n) is 5.84. The molecule has 1 aliphatic rings. The lowest BCUT2D eigenvalue weighted by Crippen LogP contribution is -2.29. The van der Waals surface area contributed by atoms with Gasteiger partial charge in [-0.2, -0.15) is 0 Å². The molecule has 0 spiro atoms. The number of carbonyl (C=O) groups is 1. The first kappa shape index (κ1) is 17.9. The molecule has 0 saturated carbocycles. The molecule has 5 heteroatoms. The summed E-state index contributed by atoms with van der Waals surface area (Å²) in [4.78, 5) is 12.0. The van der Waals surface area contributed by atoms with Crippen molar-refractivity contribution in [1.82, 2.24) is 10.6 Å². The Morgan fingerprint density at radius 2 is 2.05 bits per heavy atom. The van der Waals surface area contributed by atoms with Gasteiger partial charge in [0.1, 0.15) is 5.82 Å². The van der Waals surface area contributed by atoms with Crippen LogP contribution in [0.1, 0.15) is 48.5 Å². The van der Waals surface area contributed by atoms with Crippen LogP contribution in [0, 0.1) is 11.7 Å². The summed E-state index contributed by atoms with van der Waals surface area (Å²) in [6.07, 6.45) is 1.85. The lowest BCUT2D eigenvalue weighted by molar-refractivity contribution is 0.0944. The van der Waals surface area contributed by atoms with Crippen molar-refractivity contribution in [3.8, 4) is 0 Å². The Hall–Kier alpha value is -1.13. The molecular weight excluding hydrogens is 291 g/mol. The zero-order chi connectivity index (χ0) is 14.5. The van der Waals surface area contributed by atoms with Gasteiger partial charge in [-0.3, -0.25) is 4.79 Å². The topological polar surface area (TPSA) is 41.1 Å². The molecule has 21 heavy (non-hydrogen) atoms. The number of rotatable bonds is 4. The first-order chi connectivity index (χ1) is 9.59.